The van der Waals surface area contributed by atoms with Crippen LogP contribution in [0.3, 0.4) is 0 Å². The van der Waals surface area contributed by atoms with Crippen molar-refractivity contribution in [1.82, 2.24) is 20.2 Å². The monoisotopic (exact) mass is 412 g/mol. The number of fused-ring (bicyclic) bond motifs is 1. The first-order chi connectivity index (χ1) is 15.1. The minimum Gasteiger partial charge on any atom is -0.326 e. The molecule has 0 unspecified atom stereocenters. The summed E-state index contributed by atoms with van der Waals surface area (Å²) in [6.45, 7) is 0.353. The van der Waals surface area contributed by atoms with E-state index in [0.717, 1.165) is 22.0 Å². The predicted octanol–water partition coefficient (Wildman–Crippen LogP) is 3.02. The maximum atomic E-state index is 12.9. The van der Waals surface area contributed by atoms with Gasteiger partial charge in [0.1, 0.15) is 0 Å². The van der Waals surface area contributed by atoms with Crippen molar-refractivity contribution in [3.8, 4) is 11.4 Å². The lowest BCUT2D eigenvalue weighted by Gasteiger charge is -2.19. The molecule has 0 aliphatic carbocycles. The second kappa shape index (κ2) is 7.64. The summed E-state index contributed by atoms with van der Waals surface area (Å²) in [6.07, 6.45) is 0.182. The van der Waals surface area contributed by atoms with Gasteiger partial charge in [0.2, 0.25) is 11.8 Å². The maximum Gasteiger partial charge on any atom is 0.229 e. The number of rotatable bonds is 4. The third-order valence-electron chi connectivity index (χ3n) is 5.56. The topological polar surface area (TPSA) is 93.0 Å². The molecule has 0 saturated carbocycles. The molecule has 1 fully saturated rings. The van der Waals surface area contributed by atoms with Crippen molar-refractivity contribution in [3.05, 3.63) is 66.7 Å². The largest absolute Gasteiger partial charge is 0.326 e. The van der Waals surface area contributed by atoms with Gasteiger partial charge in [-0.1, -0.05) is 48.5 Å². The predicted molar refractivity (Wildman–Crippen MR) is 117 cm³/mol. The summed E-state index contributed by atoms with van der Waals surface area (Å²) in [6, 6.07) is 21.2. The van der Waals surface area contributed by atoms with Crippen LogP contribution in [0.2, 0.25) is 0 Å². The standard InChI is InChI=1S/C23H20N6O2/c1-28-22(25-26-27-28)16-8-4-9-18(12-16)24-23(31)17-13-21(30)29(14-17)20-11-5-7-15-6-2-3-10-19(15)20/h2-12,17H,13-14H2,1H3,(H,24,31)/t17-/m1/s1. The Hall–Kier alpha value is -4.07. The molecule has 1 aliphatic rings. The van der Waals surface area contributed by atoms with E-state index >= 15 is 0 Å². The second-order valence-electron chi connectivity index (χ2n) is 7.60. The molecule has 0 radical (unpaired) electrons. The second-order valence-corrected chi connectivity index (χ2v) is 7.60. The van der Waals surface area contributed by atoms with E-state index in [9.17, 15) is 9.59 Å². The summed E-state index contributed by atoms with van der Waals surface area (Å²) in [7, 11) is 1.76. The van der Waals surface area contributed by atoms with E-state index in [4.69, 9.17) is 0 Å². The molecule has 31 heavy (non-hydrogen) atoms. The molecule has 4 aromatic rings. The van der Waals surface area contributed by atoms with Crippen LogP contribution in [-0.4, -0.2) is 38.6 Å². The lowest BCUT2D eigenvalue weighted by atomic mass is 10.1. The third kappa shape index (κ3) is 3.52. The van der Waals surface area contributed by atoms with E-state index in [0.29, 0.717) is 18.1 Å². The van der Waals surface area contributed by atoms with E-state index in [1.807, 2.05) is 66.7 Å². The third-order valence-corrected chi connectivity index (χ3v) is 5.56. The number of tetrazole rings is 1. The molecular formula is C23H20N6O2. The molecular weight excluding hydrogens is 392 g/mol. The number of benzene rings is 3. The molecule has 1 aliphatic heterocycles. The van der Waals surface area contributed by atoms with Crippen LogP contribution in [0, 0.1) is 5.92 Å². The SMILES string of the molecule is Cn1nnnc1-c1cccc(NC(=O)[C@@H]2CC(=O)N(c3cccc4ccccc34)C2)c1. The number of nitrogens with one attached hydrogen (secondary N) is 1. The Bertz CT molecular complexity index is 1290. The summed E-state index contributed by atoms with van der Waals surface area (Å²) in [5, 5.41) is 16.5. The molecule has 5 rings (SSSR count). The number of amides is 2. The van der Waals surface area contributed by atoms with Gasteiger partial charge in [-0.05, 0) is 34.0 Å². The van der Waals surface area contributed by atoms with Crippen LogP contribution in [-0.2, 0) is 16.6 Å². The number of carbonyl (C=O) groups excluding carboxylic acids is 2. The lowest BCUT2D eigenvalue weighted by Crippen LogP contribution is -2.28. The fourth-order valence-corrected chi connectivity index (χ4v) is 4.01. The van der Waals surface area contributed by atoms with E-state index in [2.05, 4.69) is 20.8 Å². The highest BCUT2D eigenvalue weighted by molar-refractivity contribution is 6.08. The Kier molecular flexibility index (Phi) is 4.66. The van der Waals surface area contributed by atoms with Gasteiger partial charge in [-0.25, -0.2) is 4.68 Å². The molecule has 2 heterocycles. The zero-order valence-corrected chi connectivity index (χ0v) is 16.9. The average Bonchev–Trinajstić information content (AvgIpc) is 3.39. The molecule has 8 nitrogen and oxygen atoms in total. The van der Waals surface area contributed by atoms with Crippen molar-refractivity contribution in [2.45, 2.75) is 6.42 Å². The van der Waals surface area contributed by atoms with Crippen LogP contribution in [0.15, 0.2) is 66.7 Å². The van der Waals surface area contributed by atoms with Crippen LogP contribution in [0.5, 0.6) is 0 Å². The smallest absolute Gasteiger partial charge is 0.229 e. The fourth-order valence-electron chi connectivity index (χ4n) is 4.01. The molecule has 3 aromatic carbocycles. The number of nitrogens with zero attached hydrogens (tertiary/aromatic N) is 5. The summed E-state index contributed by atoms with van der Waals surface area (Å²) >= 11 is 0. The number of aromatic nitrogens is 4. The van der Waals surface area contributed by atoms with Crippen LogP contribution in [0.25, 0.3) is 22.2 Å². The average molecular weight is 412 g/mol. The Morgan fingerprint density at radius 2 is 1.87 bits per heavy atom. The van der Waals surface area contributed by atoms with Gasteiger partial charge in [-0.3, -0.25) is 9.59 Å². The van der Waals surface area contributed by atoms with E-state index in [1.54, 1.807) is 16.6 Å². The Labute approximate surface area is 178 Å². The fraction of sp³-hybridized carbons (Fsp3) is 0.174. The number of carbonyl (C=O) groups is 2. The lowest BCUT2D eigenvalue weighted by molar-refractivity contribution is -0.122. The van der Waals surface area contributed by atoms with Crippen molar-refractivity contribution in [2.75, 3.05) is 16.8 Å². The maximum absolute atomic E-state index is 12.9. The summed E-state index contributed by atoms with van der Waals surface area (Å²) in [5.74, 6) is -0.0411. The quantitative estimate of drug-likeness (QED) is 0.556. The van der Waals surface area contributed by atoms with Crippen LogP contribution < -0.4 is 10.2 Å². The molecule has 1 aromatic heterocycles. The highest BCUT2D eigenvalue weighted by atomic mass is 16.2. The van der Waals surface area contributed by atoms with Gasteiger partial charge in [0.05, 0.1) is 11.6 Å². The van der Waals surface area contributed by atoms with Gasteiger partial charge >= 0.3 is 0 Å². The molecule has 1 N–H and O–H groups in total. The zero-order chi connectivity index (χ0) is 21.4. The van der Waals surface area contributed by atoms with Crippen LogP contribution >= 0.6 is 0 Å². The van der Waals surface area contributed by atoms with Gasteiger partial charge < -0.3 is 10.2 Å². The van der Waals surface area contributed by atoms with Crippen LogP contribution in [0.1, 0.15) is 6.42 Å². The molecule has 154 valence electrons. The highest BCUT2D eigenvalue weighted by Gasteiger charge is 2.35. The first kappa shape index (κ1) is 18.9. The highest BCUT2D eigenvalue weighted by Crippen LogP contribution is 2.32. The van der Waals surface area contributed by atoms with Gasteiger partial charge in [0, 0.05) is 36.7 Å². The van der Waals surface area contributed by atoms with Gasteiger partial charge in [0.15, 0.2) is 5.82 Å². The van der Waals surface area contributed by atoms with Crippen molar-refractivity contribution in [3.63, 3.8) is 0 Å². The first-order valence-electron chi connectivity index (χ1n) is 10.0. The van der Waals surface area contributed by atoms with Gasteiger partial charge in [-0.2, -0.15) is 0 Å². The Morgan fingerprint density at radius 3 is 2.71 bits per heavy atom. The van der Waals surface area contributed by atoms with Crippen LogP contribution in [0.4, 0.5) is 11.4 Å². The molecule has 1 saturated heterocycles. The Morgan fingerprint density at radius 1 is 1.06 bits per heavy atom. The van der Waals surface area contributed by atoms with Crippen molar-refractivity contribution >= 4 is 34.0 Å². The van der Waals surface area contributed by atoms with Crippen molar-refractivity contribution in [1.29, 1.82) is 0 Å². The minimum atomic E-state index is -0.424. The van der Waals surface area contributed by atoms with E-state index in [-0.39, 0.29) is 18.2 Å². The normalized spacial score (nSPS) is 16.1. The summed E-state index contributed by atoms with van der Waals surface area (Å²) in [5.41, 5.74) is 2.28. The van der Waals surface area contributed by atoms with Crippen molar-refractivity contribution in [2.24, 2.45) is 13.0 Å². The van der Waals surface area contributed by atoms with Gasteiger partial charge in [0.25, 0.3) is 0 Å². The van der Waals surface area contributed by atoms with Gasteiger partial charge in [-0.15, -0.1) is 5.10 Å². The molecule has 2 amide bonds. The Balaban J connectivity index is 1.35. The zero-order valence-electron chi connectivity index (χ0n) is 16.9. The number of hydrogen-bond acceptors (Lipinski definition) is 5. The van der Waals surface area contributed by atoms with E-state index in [1.165, 1.54) is 0 Å². The molecule has 0 bridgehead atoms. The molecule has 0 spiro atoms. The van der Waals surface area contributed by atoms with E-state index < -0.39 is 5.92 Å². The number of aryl methyl sites for hydroxylation is 1. The minimum absolute atomic E-state index is 0.0459. The molecule has 8 heteroatoms. The number of hydrogen-bond donors (Lipinski definition) is 1. The van der Waals surface area contributed by atoms with Crippen molar-refractivity contribution < 1.29 is 9.59 Å². The summed E-state index contributed by atoms with van der Waals surface area (Å²) in [4.78, 5) is 27.4. The molecule has 1 atom stereocenters. The number of anilines is 2. The first-order valence-corrected chi connectivity index (χ1v) is 10.0. The summed E-state index contributed by atoms with van der Waals surface area (Å²) < 4.78 is 1.57.